The maximum Gasteiger partial charge on any atom is 0.156 e. The molecule has 3 aromatic rings. The zero-order valence-corrected chi connectivity index (χ0v) is 10.6. The number of rotatable bonds is 2. The van der Waals surface area contributed by atoms with Crippen molar-refractivity contribution in [1.29, 1.82) is 0 Å². The highest BCUT2D eigenvalue weighted by Crippen LogP contribution is 2.10. The molecule has 2 aromatic heterocycles. The van der Waals surface area contributed by atoms with Gasteiger partial charge in [-0.3, -0.25) is 0 Å². The molecule has 0 aliphatic carbocycles. The van der Waals surface area contributed by atoms with Crippen molar-refractivity contribution in [2.45, 2.75) is 20.3 Å². The van der Waals surface area contributed by atoms with E-state index in [2.05, 4.69) is 48.2 Å². The maximum atomic E-state index is 4.54. The molecular weight excluding hydrogens is 222 g/mol. The number of hydrogen-bond acceptors (Lipinski definition) is 2. The average Bonchev–Trinajstić information content (AvgIpc) is 2.73. The van der Waals surface area contributed by atoms with Crippen molar-refractivity contribution in [3.63, 3.8) is 0 Å². The van der Waals surface area contributed by atoms with Gasteiger partial charge in [0.05, 0.1) is 0 Å². The van der Waals surface area contributed by atoms with Crippen molar-refractivity contribution in [3.8, 4) is 0 Å². The van der Waals surface area contributed by atoms with E-state index in [1.54, 1.807) is 0 Å². The van der Waals surface area contributed by atoms with Crippen LogP contribution in [0.3, 0.4) is 0 Å². The third-order valence-corrected chi connectivity index (χ3v) is 3.02. The molecule has 0 spiro atoms. The van der Waals surface area contributed by atoms with E-state index >= 15 is 0 Å². The summed E-state index contributed by atoms with van der Waals surface area (Å²) in [6.45, 7) is 4.16. The van der Waals surface area contributed by atoms with Crippen molar-refractivity contribution < 1.29 is 0 Å². The van der Waals surface area contributed by atoms with Crippen LogP contribution in [0.25, 0.3) is 5.65 Å². The molecule has 18 heavy (non-hydrogen) atoms. The Morgan fingerprint density at radius 1 is 1.00 bits per heavy atom. The lowest BCUT2D eigenvalue weighted by molar-refractivity contribution is 0.898. The number of aromatic nitrogens is 3. The predicted molar refractivity (Wildman–Crippen MR) is 71.7 cm³/mol. The summed E-state index contributed by atoms with van der Waals surface area (Å²) in [5, 5.41) is 4.48. The van der Waals surface area contributed by atoms with Crippen molar-refractivity contribution in [2.24, 2.45) is 0 Å². The van der Waals surface area contributed by atoms with Gasteiger partial charge in [-0.15, -0.1) is 0 Å². The summed E-state index contributed by atoms with van der Waals surface area (Å²) in [6.07, 6.45) is 2.73. The molecule has 1 aromatic carbocycles. The van der Waals surface area contributed by atoms with Gasteiger partial charge in [-0.1, -0.05) is 29.8 Å². The Balaban J connectivity index is 1.92. The quantitative estimate of drug-likeness (QED) is 0.686. The molecule has 3 nitrogen and oxygen atoms in total. The summed E-state index contributed by atoms with van der Waals surface area (Å²) in [6, 6.07) is 12.6. The number of nitrogens with zero attached hydrogens (tertiary/aromatic N) is 3. The standard InChI is InChI=1S/C15H15N3/c1-11-3-5-13(6-4-11)10-14-16-15-9-12(2)7-8-18(15)17-14/h3-9H,10H2,1-2H3. The maximum absolute atomic E-state index is 4.54. The molecule has 0 aliphatic heterocycles. The van der Waals surface area contributed by atoms with Gasteiger partial charge in [0.2, 0.25) is 0 Å². The average molecular weight is 237 g/mol. The summed E-state index contributed by atoms with van der Waals surface area (Å²) in [7, 11) is 0. The highest BCUT2D eigenvalue weighted by molar-refractivity contribution is 5.40. The van der Waals surface area contributed by atoms with Crippen LogP contribution in [0, 0.1) is 13.8 Å². The molecule has 0 saturated carbocycles. The molecule has 0 saturated heterocycles. The first-order valence-electron chi connectivity index (χ1n) is 6.08. The molecule has 0 unspecified atom stereocenters. The first kappa shape index (κ1) is 11.0. The predicted octanol–water partition coefficient (Wildman–Crippen LogP) is 2.94. The topological polar surface area (TPSA) is 30.2 Å². The van der Waals surface area contributed by atoms with Gasteiger partial charge in [0, 0.05) is 12.6 Å². The molecular formula is C15H15N3. The Bertz CT molecular complexity index is 681. The summed E-state index contributed by atoms with van der Waals surface area (Å²) in [5.41, 5.74) is 4.64. The van der Waals surface area contributed by atoms with E-state index in [-0.39, 0.29) is 0 Å². The Labute approximate surface area is 106 Å². The monoisotopic (exact) mass is 237 g/mol. The second kappa shape index (κ2) is 4.26. The van der Waals surface area contributed by atoms with E-state index in [4.69, 9.17) is 0 Å². The van der Waals surface area contributed by atoms with E-state index in [1.165, 1.54) is 16.7 Å². The Hall–Kier alpha value is -2.16. The fourth-order valence-electron chi connectivity index (χ4n) is 1.99. The van der Waals surface area contributed by atoms with Crippen molar-refractivity contribution in [2.75, 3.05) is 0 Å². The minimum atomic E-state index is 0.779. The van der Waals surface area contributed by atoms with Crippen LogP contribution in [0.15, 0.2) is 42.6 Å². The van der Waals surface area contributed by atoms with Gasteiger partial charge in [0.1, 0.15) is 0 Å². The lowest BCUT2D eigenvalue weighted by atomic mass is 10.1. The second-order valence-corrected chi connectivity index (χ2v) is 4.70. The Morgan fingerprint density at radius 3 is 2.56 bits per heavy atom. The molecule has 2 heterocycles. The Kier molecular flexibility index (Phi) is 2.59. The highest BCUT2D eigenvalue weighted by Gasteiger charge is 2.04. The van der Waals surface area contributed by atoms with Crippen molar-refractivity contribution >= 4 is 5.65 Å². The third kappa shape index (κ3) is 2.12. The van der Waals surface area contributed by atoms with Crippen molar-refractivity contribution in [1.82, 2.24) is 14.6 Å². The van der Waals surface area contributed by atoms with Gasteiger partial charge in [-0.2, -0.15) is 5.10 Å². The molecule has 0 N–H and O–H groups in total. The summed E-state index contributed by atoms with van der Waals surface area (Å²) in [4.78, 5) is 4.54. The van der Waals surface area contributed by atoms with E-state index in [1.807, 2.05) is 22.8 Å². The number of benzene rings is 1. The van der Waals surface area contributed by atoms with Crippen LogP contribution in [0.5, 0.6) is 0 Å². The summed E-state index contributed by atoms with van der Waals surface area (Å²) < 4.78 is 1.83. The van der Waals surface area contributed by atoms with E-state index in [0.717, 1.165) is 17.9 Å². The zero-order chi connectivity index (χ0) is 12.5. The van der Waals surface area contributed by atoms with Crippen LogP contribution in [0.4, 0.5) is 0 Å². The number of fused-ring (bicyclic) bond motifs is 1. The number of hydrogen-bond donors (Lipinski definition) is 0. The molecule has 0 atom stereocenters. The van der Waals surface area contributed by atoms with Crippen LogP contribution >= 0.6 is 0 Å². The van der Waals surface area contributed by atoms with Crippen LogP contribution in [0.1, 0.15) is 22.5 Å². The van der Waals surface area contributed by atoms with Gasteiger partial charge in [-0.25, -0.2) is 9.50 Å². The molecule has 0 amide bonds. The lowest BCUT2D eigenvalue weighted by Crippen LogP contribution is -1.92. The number of pyridine rings is 1. The molecule has 3 heteroatoms. The normalized spacial score (nSPS) is 11.0. The molecule has 90 valence electrons. The van der Waals surface area contributed by atoms with Gasteiger partial charge in [0.25, 0.3) is 0 Å². The van der Waals surface area contributed by atoms with E-state index < -0.39 is 0 Å². The van der Waals surface area contributed by atoms with Crippen LogP contribution < -0.4 is 0 Å². The van der Waals surface area contributed by atoms with Crippen LogP contribution in [-0.4, -0.2) is 14.6 Å². The largest absolute Gasteiger partial charge is 0.221 e. The Morgan fingerprint density at radius 2 is 1.78 bits per heavy atom. The fraction of sp³-hybridized carbons (Fsp3) is 0.200. The molecule has 0 fully saturated rings. The minimum absolute atomic E-state index is 0.779. The minimum Gasteiger partial charge on any atom is -0.221 e. The van der Waals surface area contributed by atoms with Gasteiger partial charge < -0.3 is 0 Å². The van der Waals surface area contributed by atoms with Crippen LogP contribution in [0.2, 0.25) is 0 Å². The SMILES string of the molecule is Cc1ccc(Cc2nc3cc(C)ccn3n2)cc1. The lowest BCUT2D eigenvalue weighted by Gasteiger charge is -1.97. The zero-order valence-electron chi connectivity index (χ0n) is 10.6. The second-order valence-electron chi connectivity index (χ2n) is 4.70. The first-order chi connectivity index (χ1) is 8.70. The molecule has 3 rings (SSSR count). The summed E-state index contributed by atoms with van der Waals surface area (Å²) >= 11 is 0. The van der Waals surface area contributed by atoms with E-state index in [9.17, 15) is 0 Å². The number of aryl methyl sites for hydroxylation is 2. The fourth-order valence-corrected chi connectivity index (χ4v) is 1.99. The molecule has 0 bridgehead atoms. The molecule has 0 aliphatic rings. The van der Waals surface area contributed by atoms with Crippen molar-refractivity contribution in [3.05, 3.63) is 65.1 Å². The van der Waals surface area contributed by atoms with Gasteiger partial charge in [-0.05, 0) is 37.1 Å². The van der Waals surface area contributed by atoms with Crippen LogP contribution in [-0.2, 0) is 6.42 Å². The van der Waals surface area contributed by atoms with E-state index in [0.29, 0.717) is 0 Å². The highest BCUT2D eigenvalue weighted by atomic mass is 15.3. The third-order valence-electron chi connectivity index (χ3n) is 3.02. The first-order valence-corrected chi connectivity index (χ1v) is 6.08. The summed E-state index contributed by atoms with van der Waals surface area (Å²) in [5.74, 6) is 0.865. The smallest absolute Gasteiger partial charge is 0.156 e. The van der Waals surface area contributed by atoms with Gasteiger partial charge in [0.15, 0.2) is 11.5 Å². The van der Waals surface area contributed by atoms with Gasteiger partial charge >= 0.3 is 0 Å². The molecule has 0 radical (unpaired) electrons.